The van der Waals surface area contributed by atoms with Crippen LogP contribution in [0.15, 0.2) is 30.5 Å². The molecule has 0 bridgehead atoms. The molecule has 0 aliphatic heterocycles. The van der Waals surface area contributed by atoms with Crippen molar-refractivity contribution in [1.82, 2.24) is 10.2 Å². The smallest absolute Gasteiger partial charge is 0.282 e. The van der Waals surface area contributed by atoms with Crippen molar-refractivity contribution in [2.45, 2.75) is 19.5 Å². The van der Waals surface area contributed by atoms with Gasteiger partial charge < -0.3 is 0 Å². The highest BCUT2D eigenvalue weighted by molar-refractivity contribution is 5.66. The van der Waals surface area contributed by atoms with E-state index in [1.54, 1.807) is 12.3 Å². The van der Waals surface area contributed by atoms with Gasteiger partial charge in [-0.2, -0.15) is 18.3 Å². The van der Waals surface area contributed by atoms with Crippen LogP contribution in [-0.2, 0) is 12.6 Å². The van der Waals surface area contributed by atoms with Crippen LogP contribution in [0.1, 0.15) is 18.2 Å². The number of rotatable bonds is 2. The Morgan fingerprint density at radius 1 is 1.29 bits per heavy atom. The molecule has 1 N–H and O–H groups in total. The molecule has 1 heterocycles. The number of aryl methyl sites for hydroxylation is 1. The zero-order chi connectivity index (χ0) is 12.5. The van der Waals surface area contributed by atoms with Crippen LogP contribution >= 0.6 is 0 Å². The predicted molar refractivity (Wildman–Crippen MR) is 58.4 cm³/mol. The van der Waals surface area contributed by atoms with Gasteiger partial charge in [0.1, 0.15) is 0 Å². The van der Waals surface area contributed by atoms with Gasteiger partial charge >= 0.3 is 6.18 Å². The maximum absolute atomic E-state index is 12.6. The molecule has 0 aliphatic rings. The zero-order valence-electron chi connectivity index (χ0n) is 9.17. The number of alkyl halides is 3. The Morgan fingerprint density at radius 2 is 2.06 bits per heavy atom. The normalized spacial score (nSPS) is 11.8. The van der Waals surface area contributed by atoms with Crippen molar-refractivity contribution in [1.29, 1.82) is 0 Å². The second kappa shape index (κ2) is 4.24. The molecule has 0 saturated carbocycles. The van der Waals surface area contributed by atoms with Crippen molar-refractivity contribution in [3.63, 3.8) is 0 Å². The Kier molecular flexibility index (Phi) is 2.92. The van der Waals surface area contributed by atoms with Crippen molar-refractivity contribution >= 4 is 0 Å². The van der Waals surface area contributed by atoms with Gasteiger partial charge in [-0.05, 0) is 24.1 Å². The van der Waals surface area contributed by atoms with Gasteiger partial charge in [0.2, 0.25) is 0 Å². The highest BCUT2D eigenvalue weighted by atomic mass is 19.4. The molecule has 0 spiro atoms. The van der Waals surface area contributed by atoms with E-state index in [-0.39, 0.29) is 0 Å². The van der Waals surface area contributed by atoms with Gasteiger partial charge in [-0.3, -0.25) is 5.10 Å². The summed E-state index contributed by atoms with van der Waals surface area (Å²) in [5.41, 5.74) is 1.45. The fraction of sp³-hybridized carbons (Fsp3) is 0.250. The molecule has 0 fully saturated rings. The van der Waals surface area contributed by atoms with Crippen LogP contribution in [0.3, 0.4) is 0 Å². The molecule has 5 heteroatoms. The van der Waals surface area contributed by atoms with Gasteiger partial charge in [-0.25, -0.2) is 0 Å². The third kappa shape index (κ3) is 2.33. The summed E-state index contributed by atoms with van der Waals surface area (Å²) < 4.78 is 37.7. The molecule has 0 unspecified atom stereocenters. The topological polar surface area (TPSA) is 28.7 Å². The lowest BCUT2D eigenvalue weighted by atomic mass is 10.0. The minimum Gasteiger partial charge on any atom is -0.282 e. The molecule has 2 nitrogen and oxygen atoms in total. The summed E-state index contributed by atoms with van der Waals surface area (Å²) in [6, 6.07) is 5.27. The number of hydrogen-bond acceptors (Lipinski definition) is 1. The fourth-order valence-corrected chi connectivity index (χ4v) is 1.69. The van der Waals surface area contributed by atoms with Gasteiger partial charge in [0.15, 0.2) is 0 Å². The van der Waals surface area contributed by atoms with Gasteiger partial charge in [0, 0.05) is 11.3 Å². The van der Waals surface area contributed by atoms with Crippen LogP contribution in [0.25, 0.3) is 11.1 Å². The van der Waals surface area contributed by atoms with E-state index < -0.39 is 11.7 Å². The van der Waals surface area contributed by atoms with Crippen molar-refractivity contribution in [2.75, 3.05) is 0 Å². The SMILES string of the molecule is CCc1[nH]ncc1-c1cccc(C(F)(F)F)c1. The summed E-state index contributed by atoms with van der Waals surface area (Å²) in [5.74, 6) is 0. The van der Waals surface area contributed by atoms with E-state index in [4.69, 9.17) is 0 Å². The maximum Gasteiger partial charge on any atom is 0.416 e. The van der Waals surface area contributed by atoms with E-state index in [1.807, 2.05) is 6.92 Å². The summed E-state index contributed by atoms with van der Waals surface area (Å²) in [4.78, 5) is 0. The second-order valence-electron chi connectivity index (χ2n) is 3.69. The molecule has 0 radical (unpaired) electrons. The second-order valence-corrected chi connectivity index (χ2v) is 3.69. The Morgan fingerprint density at radius 3 is 2.71 bits per heavy atom. The number of halogens is 3. The number of benzene rings is 1. The maximum atomic E-state index is 12.6. The van der Waals surface area contributed by atoms with Crippen LogP contribution < -0.4 is 0 Å². The van der Waals surface area contributed by atoms with Gasteiger partial charge in [-0.15, -0.1) is 0 Å². The number of aromatic amines is 1. The van der Waals surface area contributed by atoms with Crippen LogP contribution in [0.5, 0.6) is 0 Å². The quantitative estimate of drug-likeness (QED) is 0.852. The highest BCUT2D eigenvalue weighted by Gasteiger charge is 2.30. The van der Waals surface area contributed by atoms with E-state index in [2.05, 4.69) is 10.2 Å². The first-order valence-electron chi connectivity index (χ1n) is 5.22. The van der Waals surface area contributed by atoms with Crippen molar-refractivity contribution in [2.24, 2.45) is 0 Å². The van der Waals surface area contributed by atoms with Crippen molar-refractivity contribution in [3.05, 3.63) is 41.7 Å². The summed E-state index contributed by atoms with van der Waals surface area (Å²) in [7, 11) is 0. The van der Waals surface area contributed by atoms with Crippen molar-refractivity contribution in [3.8, 4) is 11.1 Å². The van der Waals surface area contributed by atoms with Crippen molar-refractivity contribution < 1.29 is 13.2 Å². The lowest BCUT2D eigenvalue weighted by molar-refractivity contribution is -0.137. The number of hydrogen-bond donors (Lipinski definition) is 1. The predicted octanol–water partition coefficient (Wildman–Crippen LogP) is 3.66. The zero-order valence-corrected chi connectivity index (χ0v) is 9.17. The van der Waals surface area contributed by atoms with Gasteiger partial charge in [0.05, 0.1) is 11.8 Å². The standard InChI is InChI=1S/C12H11F3N2/c1-2-11-10(7-16-17-11)8-4-3-5-9(6-8)12(13,14)15/h3-7H,2H2,1H3,(H,16,17). The Balaban J connectivity index is 2.47. The Hall–Kier alpha value is -1.78. The Labute approximate surface area is 96.5 Å². The molecular weight excluding hydrogens is 229 g/mol. The van der Waals surface area contributed by atoms with Crippen LogP contribution in [0.2, 0.25) is 0 Å². The summed E-state index contributed by atoms with van der Waals surface area (Å²) >= 11 is 0. The van der Waals surface area contributed by atoms with E-state index >= 15 is 0 Å². The van der Waals surface area contributed by atoms with Crippen LogP contribution in [-0.4, -0.2) is 10.2 Å². The average molecular weight is 240 g/mol. The minimum atomic E-state index is -4.31. The Bertz CT molecular complexity index is 514. The first-order chi connectivity index (χ1) is 8.02. The summed E-state index contributed by atoms with van der Waals surface area (Å²) in [6.07, 6.45) is -2.06. The molecular formula is C12H11F3N2. The average Bonchev–Trinajstić information content (AvgIpc) is 2.76. The molecule has 2 rings (SSSR count). The monoisotopic (exact) mass is 240 g/mol. The molecule has 1 aromatic heterocycles. The number of H-pyrrole nitrogens is 1. The molecule has 2 aromatic rings. The molecule has 90 valence electrons. The molecule has 0 amide bonds. The molecule has 1 aromatic carbocycles. The van der Waals surface area contributed by atoms with Gasteiger partial charge in [-0.1, -0.05) is 19.1 Å². The van der Waals surface area contributed by atoms with E-state index in [9.17, 15) is 13.2 Å². The van der Waals surface area contributed by atoms with E-state index in [0.29, 0.717) is 12.0 Å². The largest absolute Gasteiger partial charge is 0.416 e. The first kappa shape index (κ1) is 11.7. The number of nitrogens with zero attached hydrogens (tertiary/aromatic N) is 1. The minimum absolute atomic E-state index is 0.533. The lowest BCUT2D eigenvalue weighted by Gasteiger charge is -2.08. The third-order valence-electron chi connectivity index (χ3n) is 2.57. The lowest BCUT2D eigenvalue weighted by Crippen LogP contribution is -2.04. The van der Waals surface area contributed by atoms with E-state index in [0.717, 1.165) is 23.4 Å². The third-order valence-corrected chi connectivity index (χ3v) is 2.57. The highest BCUT2D eigenvalue weighted by Crippen LogP contribution is 2.32. The first-order valence-corrected chi connectivity index (χ1v) is 5.22. The molecule has 17 heavy (non-hydrogen) atoms. The molecule has 0 saturated heterocycles. The summed E-state index contributed by atoms with van der Waals surface area (Å²) in [6.45, 7) is 1.92. The van der Waals surface area contributed by atoms with Gasteiger partial charge in [0.25, 0.3) is 0 Å². The fourth-order valence-electron chi connectivity index (χ4n) is 1.69. The number of nitrogens with one attached hydrogen (secondary N) is 1. The van der Waals surface area contributed by atoms with Crippen LogP contribution in [0, 0.1) is 0 Å². The van der Waals surface area contributed by atoms with Crippen LogP contribution in [0.4, 0.5) is 13.2 Å². The molecule has 0 atom stereocenters. The molecule has 0 aliphatic carbocycles. The van der Waals surface area contributed by atoms with E-state index in [1.165, 1.54) is 6.07 Å². The number of aromatic nitrogens is 2. The summed E-state index contributed by atoms with van der Waals surface area (Å²) in [5, 5.41) is 6.64.